The van der Waals surface area contributed by atoms with E-state index in [-0.39, 0.29) is 5.82 Å². The fraction of sp³-hybridized carbons (Fsp3) is 0.643. The fourth-order valence-electron chi connectivity index (χ4n) is 3.51. The minimum absolute atomic E-state index is 0.200. The summed E-state index contributed by atoms with van der Waals surface area (Å²) in [6, 6.07) is 2.03. The van der Waals surface area contributed by atoms with Crippen LogP contribution in [-0.2, 0) is 0 Å². The van der Waals surface area contributed by atoms with Gasteiger partial charge in [0.1, 0.15) is 0 Å². The highest BCUT2D eigenvalue weighted by atomic mass is 79.9. The van der Waals surface area contributed by atoms with Crippen molar-refractivity contribution in [3.05, 3.63) is 22.6 Å². The molecule has 98 valence electrons. The Labute approximate surface area is 116 Å². The molecule has 1 unspecified atom stereocenters. The lowest BCUT2D eigenvalue weighted by Gasteiger charge is -2.30. The Morgan fingerprint density at radius 2 is 2.00 bits per heavy atom. The molecule has 1 atom stereocenters. The maximum absolute atomic E-state index is 14.0. The lowest BCUT2D eigenvalue weighted by Crippen LogP contribution is -2.35. The van der Waals surface area contributed by atoms with Crippen LogP contribution in [0.4, 0.5) is 10.2 Å². The van der Waals surface area contributed by atoms with Crippen molar-refractivity contribution in [2.24, 2.45) is 5.92 Å². The zero-order chi connectivity index (χ0) is 12.5. The number of hydrogen-bond acceptors (Lipinski definition) is 2. The van der Waals surface area contributed by atoms with E-state index < -0.39 is 0 Å². The van der Waals surface area contributed by atoms with Crippen molar-refractivity contribution in [1.29, 1.82) is 0 Å². The van der Waals surface area contributed by atoms with Gasteiger partial charge in [0.2, 0.25) is 0 Å². The normalized spacial score (nSPS) is 25.0. The topological polar surface area (TPSA) is 16.1 Å². The summed E-state index contributed by atoms with van der Waals surface area (Å²) < 4.78 is 14.7. The number of rotatable bonds is 2. The molecule has 0 bridgehead atoms. The molecule has 2 aliphatic rings. The average Bonchev–Trinajstić information content (AvgIpc) is 2.98. The van der Waals surface area contributed by atoms with E-state index in [0.29, 0.717) is 16.3 Å². The van der Waals surface area contributed by atoms with Gasteiger partial charge in [0, 0.05) is 23.3 Å². The van der Waals surface area contributed by atoms with Crippen molar-refractivity contribution in [2.45, 2.75) is 44.6 Å². The first-order valence-corrected chi connectivity index (χ1v) is 7.62. The first-order valence-electron chi connectivity index (χ1n) is 6.83. The number of nitrogens with zero attached hydrogens (tertiary/aromatic N) is 2. The van der Waals surface area contributed by atoms with Crippen LogP contribution >= 0.6 is 15.9 Å². The van der Waals surface area contributed by atoms with E-state index in [9.17, 15) is 4.39 Å². The van der Waals surface area contributed by atoms with E-state index >= 15 is 0 Å². The molecule has 0 aromatic carbocycles. The molecule has 0 spiro atoms. The molecule has 1 saturated carbocycles. The van der Waals surface area contributed by atoms with Crippen LogP contribution in [0.5, 0.6) is 0 Å². The fourth-order valence-corrected chi connectivity index (χ4v) is 3.81. The van der Waals surface area contributed by atoms with Gasteiger partial charge < -0.3 is 4.90 Å². The molecule has 2 heterocycles. The summed E-state index contributed by atoms with van der Waals surface area (Å²) in [7, 11) is 0. The number of hydrogen-bond donors (Lipinski definition) is 0. The van der Waals surface area contributed by atoms with Crippen molar-refractivity contribution in [1.82, 2.24) is 4.98 Å². The van der Waals surface area contributed by atoms with Gasteiger partial charge in [-0.3, -0.25) is 0 Å². The van der Waals surface area contributed by atoms with Crippen LogP contribution in [0.1, 0.15) is 38.5 Å². The van der Waals surface area contributed by atoms with Gasteiger partial charge in [-0.05, 0) is 53.6 Å². The zero-order valence-corrected chi connectivity index (χ0v) is 12.0. The third-order valence-corrected chi connectivity index (χ3v) is 4.74. The van der Waals surface area contributed by atoms with Gasteiger partial charge in [-0.1, -0.05) is 12.8 Å². The monoisotopic (exact) mass is 312 g/mol. The molecule has 1 aliphatic carbocycles. The van der Waals surface area contributed by atoms with Crippen LogP contribution in [0.15, 0.2) is 16.7 Å². The van der Waals surface area contributed by atoms with Gasteiger partial charge in [-0.2, -0.15) is 0 Å². The highest BCUT2D eigenvalue weighted by molar-refractivity contribution is 9.10. The largest absolute Gasteiger partial charge is 0.351 e. The van der Waals surface area contributed by atoms with E-state index in [0.717, 1.165) is 12.5 Å². The summed E-state index contributed by atoms with van der Waals surface area (Å²) >= 11 is 3.27. The van der Waals surface area contributed by atoms with Gasteiger partial charge in [-0.15, -0.1) is 0 Å². The number of halogens is 2. The Morgan fingerprint density at radius 1 is 1.22 bits per heavy atom. The van der Waals surface area contributed by atoms with Crippen molar-refractivity contribution >= 4 is 21.7 Å². The Bertz CT molecular complexity index is 432. The molecule has 1 aliphatic heterocycles. The van der Waals surface area contributed by atoms with Crippen LogP contribution in [-0.4, -0.2) is 17.6 Å². The van der Waals surface area contributed by atoms with E-state index in [2.05, 4.69) is 25.8 Å². The Kier molecular flexibility index (Phi) is 3.55. The molecule has 3 rings (SSSR count). The third kappa shape index (κ3) is 2.27. The maximum Gasteiger partial charge on any atom is 0.166 e. The smallest absolute Gasteiger partial charge is 0.166 e. The summed E-state index contributed by atoms with van der Waals surface area (Å²) in [5.74, 6) is 1.10. The molecule has 1 aromatic heterocycles. The van der Waals surface area contributed by atoms with Crippen molar-refractivity contribution < 1.29 is 4.39 Å². The molecule has 18 heavy (non-hydrogen) atoms. The summed E-state index contributed by atoms with van der Waals surface area (Å²) in [6.07, 6.45) is 9.35. The quantitative estimate of drug-likeness (QED) is 0.816. The predicted octanol–water partition coefficient (Wildman–Crippen LogP) is 4.14. The lowest BCUT2D eigenvalue weighted by molar-refractivity contribution is 0.425. The van der Waals surface area contributed by atoms with Gasteiger partial charge in [0.15, 0.2) is 11.6 Å². The van der Waals surface area contributed by atoms with Gasteiger partial charge in [0.05, 0.1) is 0 Å². The standard InChI is InChI=1S/C14H18BrFN2/c15-11-8-12(16)14(17-9-11)18-7-3-6-13(18)10-4-1-2-5-10/h8-10,13H,1-7H2. The summed E-state index contributed by atoms with van der Waals surface area (Å²) in [5, 5.41) is 0. The zero-order valence-electron chi connectivity index (χ0n) is 10.4. The molecule has 1 aromatic rings. The minimum atomic E-state index is -0.200. The van der Waals surface area contributed by atoms with E-state index in [1.54, 1.807) is 6.20 Å². The number of aromatic nitrogens is 1. The molecule has 1 saturated heterocycles. The van der Waals surface area contributed by atoms with Gasteiger partial charge in [-0.25, -0.2) is 9.37 Å². The Hall–Kier alpha value is -0.640. The lowest BCUT2D eigenvalue weighted by atomic mass is 9.96. The molecular formula is C14H18BrFN2. The second-order valence-corrected chi connectivity index (χ2v) is 6.32. The second kappa shape index (κ2) is 5.16. The first kappa shape index (κ1) is 12.4. The molecule has 0 N–H and O–H groups in total. The van der Waals surface area contributed by atoms with E-state index in [4.69, 9.17) is 0 Å². The third-order valence-electron chi connectivity index (χ3n) is 4.30. The predicted molar refractivity (Wildman–Crippen MR) is 74.2 cm³/mol. The van der Waals surface area contributed by atoms with Crippen molar-refractivity contribution in [3.8, 4) is 0 Å². The van der Waals surface area contributed by atoms with Crippen molar-refractivity contribution in [3.63, 3.8) is 0 Å². The second-order valence-electron chi connectivity index (χ2n) is 5.41. The van der Waals surface area contributed by atoms with Crippen molar-refractivity contribution in [2.75, 3.05) is 11.4 Å². The van der Waals surface area contributed by atoms with Crippen LogP contribution in [0.2, 0.25) is 0 Å². The van der Waals surface area contributed by atoms with Gasteiger partial charge in [0.25, 0.3) is 0 Å². The summed E-state index contributed by atoms with van der Waals surface area (Å²) in [5.41, 5.74) is 0. The molecular weight excluding hydrogens is 295 g/mol. The Morgan fingerprint density at radius 3 is 2.72 bits per heavy atom. The number of pyridine rings is 1. The van der Waals surface area contributed by atoms with Crippen LogP contribution < -0.4 is 4.90 Å². The Balaban J connectivity index is 1.85. The SMILES string of the molecule is Fc1cc(Br)cnc1N1CCCC1C1CCCC1. The summed E-state index contributed by atoms with van der Waals surface area (Å²) in [6.45, 7) is 0.951. The maximum atomic E-state index is 14.0. The van der Waals surface area contributed by atoms with Crippen LogP contribution in [0.25, 0.3) is 0 Å². The average molecular weight is 313 g/mol. The van der Waals surface area contributed by atoms with E-state index in [1.165, 1.54) is 44.6 Å². The summed E-state index contributed by atoms with van der Waals surface area (Å²) in [4.78, 5) is 6.49. The molecule has 4 heteroatoms. The van der Waals surface area contributed by atoms with Crippen LogP contribution in [0, 0.1) is 11.7 Å². The molecule has 2 nitrogen and oxygen atoms in total. The molecule has 0 radical (unpaired) electrons. The number of anilines is 1. The molecule has 0 amide bonds. The highest BCUT2D eigenvalue weighted by Gasteiger charge is 2.35. The van der Waals surface area contributed by atoms with Gasteiger partial charge >= 0.3 is 0 Å². The first-order chi connectivity index (χ1) is 8.75. The van der Waals surface area contributed by atoms with Crippen LogP contribution in [0.3, 0.4) is 0 Å². The minimum Gasteiger partial charge on any atom is -0.351 e. The molecule has 2 fully saturated rings. The van der Waals surface area contributed by atoms with E-state index in [1.807, 2.05) is 0 Å². The highest BCUT2D eigenvalue weighted by Crippen LogP contribution is 2.38.